The van der Waals surface area contributed by atoms with Crippen molar-refractivity contribution in [3.63, 3.8) is 0 Å². The minimum absolute atomic E-state index is 0.109. The zero-order valence-electron chi connectivity index (χ0n) is 11.4. The molecule has 20 heavy (non-hydrogen) atoms. The molecule has 1 aromatic heterocycles. The van der Waals surface area contributed by atoms with E-state index in [-0.39, 0.29) is 11.9 Å². The van der Waals surface area contributed by atoms with E-state index < -0.39 is 11.7 Å². The maximum atomic E-state index is 11.7. The van der Waals surface area contributed by atoms with Crippen LogP contribution in [0.2, 0.25) is 0 Å². The summed E-state index contributed by atoms with van der Waals surface area (Å²) in [5, 5.41) is 2.25. The third-order valence-electron chi connectivity index (χ3n) is 2.88. The minimum atomic E-state index is -0.750. The monoisotopic (exact) mass is 282 g/mol. The van der Waals surface area contributed by atoms with Gasteiger partial charge in [-0.2, -0.15) is 4.98 Å². The van der Waals surface area contributed by atoms with Crippen LogP contribution in [-0.2, 0) is 6.54 Å². The number of amides is 2. The summed E-state index contributed by atoms with van der Waals surface area (Å²) < 4.78 is 1.47. The Morgan fingerprint density at radius 1 is 1.40 bits per heavy atom. The molecule has 0 aliphatic heterocycles. The molecule has 0 unspecified atom stereocenters. The first kappa shape index (κ1) is 16.1. The summed E-state index contributed by atoms with van der Waals surface area (Å²) in [6, 6.07) is 0.888. The van der Waals surface area contributed by atoms with Crippen LogP contribution in [0.5, 0.6) is 0 Å². The normalized spacial score (nSPS) is 12.1. The van der Waals surface area contributed by atoms with Crippen LogP contribution in [-0.4, -0.2) is 28.2 Å². The zero-order valence-corrected chi connectivity index (χ0v) is 11.4. The van der Waals surface area contributed by atoms with E-state index >= 15 is 0 Å². The van der Waals surface area contributed by atoms with Crippen molar-refractivity contribution in [1.29, 1.82) is 0 Å². The highest BCUT2D eigenvalue weighted by atomic mass is 16.2. The summed E-state index contributed by atoms with van der Waals surface area (Å²) >= 11 is 0. The second kappa shape index (κ2) is 8.28. The molecule has 0 fully saturated rings. The lowest BCUT2D eigenvalue weighted by Gasteiger charge is -2.11. The van der Waals surface area contributed by atoms with Crippen LogP contribution in [0, 0.1) is 0 Å². The number of aromatic nitrogens is 2. The third-order valence-corrected chi connectivity index (χ3v) is 2.88. The van der Waals surface area contributed by atoms with E-state index in [0.717, 1.165) is 25.7 Å². The molecular formula is C12H22N6O2. The van der Waals surface area contributed by atoms with Crippen molar-refractivity contribution < 1.29 is 4.79 Å². The number of carbonyl (C=O) groups is 1. The minimum Gasteiger partial charge on any atom is -0.351 e. The van der Waals surface area contributed by atoms with Gasteiger partial charge in [0.1, 0.15) is 5.82 Å². The molecule has 0 spiro atoms. The number of carbonyl (C=O) groups excluding carboxylic acids is 1. The van der Waals surface area contributed by atoms with Crippen LogP contribution >= 0.6 is 0 Å². The Labute approximate surface area is 117 Å². The van der Waals surface area contributed by atoms with E-state index in [9.17, 15) is 9.59 Å². The summed E-state index contributed by atoms with van der Waals surface area (Å²) in [4.78, 5) is 26.0. The zero-order chi connectivity index (χ0) is 15.0. The molecule has 1 aromatic rings. The molecule has 0 aliphatic rings. The Morgan fingerprint density at radius 2 is 2.10 bits per heavy atom. The Kier molecular flexibility index (Phi) is 6.68. The van der Waals surface area contributed by atoms with Crippen molar-refractivity contribution in [1.82, 2.24) is 9.55 Å². The van der Waals surface area contributed by atoms with E-state index in [0.29, 0.717) is 13.1 Å². The fourth-order valence-corrected chi connectivity index (χ4v) is 1.84. The predicted molar refractivity (Wildman–Crippen MR) is 77.2 cm³/mol. The number of aryl methyl sites for hydroxylation is 1. The largest absolute Gasteiger partial charge is 0.351 e. The molecule has 112 valence electrons. The fraction of sp³-hybridized carbons (Fsp3) is 0.583. The molecule has 0 aliphatic carbocycles. The quantitative estimate of drug-likeness (QED) is 0.512. The number of primary amides is 1. The van der Waals surface area contributed by atoms with Crippen LogP contribution in [0.4, 0.5) is 10.6 Å². The standard InChI is InChI=1S/C12H22N6O2/c13-6-1-3-9(14)4-2-7-18-8-5-10(16-11(15)19)17-12(18)20/h5,8-9H,1-4,6-7,13-14H2,(H3,15,16,17,19,20)/t9-/m0/s1. The molecule has 1 atom stereocenters. The van der Waals surface area contributed by atoms with Gasteiger partial charge >= 0.3 is 11.7 Å². The van der Waals surface area contributed by atoms with Gasteiger partial charge in [-0.3, -0.25) is 9.88 Å². The van der Waals surface area contributed by atoms with E-state index in [4.69, 9.17) is 17.2 Å². The maximum absolute atomic E-state index is 11.7. The average molecular weight is 282 g/mol. The average Bonchev–Trinajstić information content (AvgIpc) is 2.38. The van der Waals surface area contributed by atoms with Crippen LogP contribution in [0.1, 0.15) is 25.7 Å². The van der Waals surface area contributed by atoms with Gasteiger partial charge in [0, 0.05) is 18.8 Å². The molecule has 0 saturated carbocycles. The predicted octanol–water partition coefficient (Wildman–Crippen LogP) is -0.420. The number of urea groups is 1. The highest BCUT2D eigenvalue weighted by Gasteiger charge is 2.04. The number of nitrogens with two attached hydrogens (primary N) is 3. The molecule has 1 heterocycles. The molecule has 2 amide bonds. The number of nitrogens with one attached hydrogen (secondary N) is 1. The lowest BCUT2D eigenvalue weighted by molar-refractivity contribution is 0.259. The van der Waals surface area contributed by atoms with Gasteiger partial charge in [0.2, 0.25) is 0 Å². The van der Waals surface area contributed by atoms with Crippen molar-refractivity contribution in [2.45, 2.75) is 38.3 Å². The highest BCUT2D eigenvalue weighted by Crippen LogP contribution is 2.03. The lowest BCUT2D eigenvalue weighted by Crippen LogP contribution is -2.27. The highest BCUT2D eigenvalue weighted by molar-refractivity contribution is 5.86. The fourth-order valence-electron chi connectivity index (χ4n) is 1.84. The summed E-state index contributed by atoms with van der Waals surface area (Å²) in [5.74, 6) is 0.151. The van der Waals surface area contributed by atoms with Crippen LogP contribution < -0.4 is 28.2 Å². The molecule has 7 N–H and O–H groups in total. The van der Waals surface area contributed by atoms with E-state index in [1.165, 1.54) is 10.6 Å². The summed E-state index contributed by atoms with van der Waals surface area (Å²) in [6.45, 7) is 1.18. The maximum Gasteiger partial charge on any atom is 0.349 e. The molecule has 0 saturated heterocycles. The molecule has 8 heteroatoms. The second-order valence-corrected chi connectivity index (χ2v) is 4.61. The van der Waals surface area contributed by atoms with E-state index in [1.54, 1.807) is 6.20 Å². The summed E-state index contributed by atoms with van der Waals surface area (Å²) in [5.41, 5.74) is 15.9. The Bertz CT molecular complexity index is 487. The van der Waals surface area contributed by atoms with Crippen LogP contribution in [0.3, 0.4) is 0 Å². The Morgan fingerprint density at radius 3 is 2.70 bits per heavy atom. The van der Waals surface area contributed by atoms with Gasteiger partial charge in [-0.05, 0) is 38.3 Å². The summed E-state index contributed by atoms with van der Waals surface area (Å²) in [6.07, 6.45) is 5.00. The number of anilines is 1. The van der Waals surface area contributed by atoms with Gasteiger partial charge in [0.15, 0.2) is 0 Å². The van der Waals surface area contributed by atoms with Gasteiger partial charge in [-0.15, -0.1) is 0 Å². The van der Waals surface area contributed by atoms with Gasteiger partial charge in [0.25, 0.3) is 0 Å². The molecule has 0 radical (unpaired) electrons. The van der Waals surface area contributed by atoms with E-state index in [2.05, 4.69) is 10.3 Å². The van der Waals surface area contributed by atoms with Crippen molar-refractivity contribution in [3.8, 4) is 0 Å². The number of hydrogen-bond donors (Lipinski definition) is 4. The van der Waals surface area contributed by atoms with Gasteiger partial charge < -0.3 is 17.2 Å². The lowest BCUT2D eigenvalue weighted by atomic mass is 10.1. The first-order chi connectivity index (χ1) is 9.52. The summed E-state index contributed by atoms with van der Waals surface area (Å²) in [7, 11) is 0. The van der Waals surface area contributed by atoms with Crippen LogP contribution in [0.15, 0.2) is 17.1 Å². The molecule has 8 nitrogen and oxygen atoms in total. The first-order valence-electron chi connectivity index (χ1n) is 6.62. The number of rotatable bonds is 8. The van der Waals surface area contributed by atoms with Crippen molar-refractivity contribution in [2.24, 2.45) is 17.2 Å². The number of nitrogens with zero attached hydrogens (tertiary/aromatic N) is 2. The topological polar surface area (TPSA) is 142 Å². The SMILES string of the molecule is NCCC[C@H](N)CCCn1ccc(NC(N)=O)nc1=O. The van der Waals surface area contributed by atoms with Crippen molar-refractivity contribution in [2.75, 3.05) is 11.9 Å². The third kappa shape index (κ3) is 5.81. The van der Waals surface area contributed by atoms with Crippen LogP contribution in [0.25, 0.3) is 0 Å². The number of hydrogen-bond acceptors (Lipinski definition) is 5. The second-order valence-electron chi connectivity index (χ2n) is 4.61. The van der Waals surface area contributed by atoms with Gasteiger partial charge in [-0.1, -0.05) is 0 Å². The Hall–Kier alpha value is -1.93. The van der Waals surface area contributed by atoms with Gasteiger partial charge in [0.05, 0.1) is 0 Å². The first-order valence-corrected chi connectivity index (χ1v) is 6.62. The molecule has 1 rings (SSSR count). The van der Waals surface area contributed by atoms with Crippen molar-refractivity contribution >= 4 is 11.8 Å². The van der Waals surface area contributed by atoms with Crippen molar-refractivity contribution in [3.05, 3.63) is 22.7 Å². The molecule has 0 bridgehead atoms. The smallest absolute Gasteiger partial charge is 0.349 e. The van der Waals surface area contributed by atoms with Gasteiger partial charge in [-0.25, -0.2) is 9.59 Å². The molecular weight excluding hydrogens is 260 g/mol. The van der Waals surface area contributed by atoms with E-state index in [1.807, 2.05) is 0 Å². The molecule has 0 aromatic carbocycles. The Balaban J connectivity index is 2.44.